The molecule has 0 spiro atoms. The van der Waals surface area contributed by atoms with Crippen LogP contribution in [-0.2, 0) is 4.79 Å². The van der Waals surface area contributed by atoms with Crippen LogP contribution in [-0.4, -0.2) is 65.5 Å². The fraction of sp³-hybridized carbons (Fsp3) is 0.258. The van der Waals surface area contributed by atoms with Gasteiger partial charge in [-0.2, -0.15) is 0 Å². The molecule has 1 aliphatic rings. The standard InChI is InChI=1S/C22H23N5O.C9H13NO/c1-16-2-4-17(5-3-16)20-10-11-24-22(26-20)25-19-8-6-18(7-9-19)21(28)27-14-12-23-13-15-27;1-3-5-7-10-9(4-2)6-8-11/h2-11,23H,12-15H2,1H3,(H,24,25,26);3-5,8H,2,6-7H2,1H3/b;5-3-,10-9?. The first-order valence-electron chi connectivity index (χ1n) is 13.0. The summed E-state index contributed by atoms with van der Waals surface area (Å²) in [6.45, 7) is 11.4. The molecule has 1 saturated heterocycles. The fourth-order valence-corrected chi connectivity index (χ4v) is 3.75. The summed E-state index contributed by atoms with van der Waals surface area (Å²) in [6.07, 6.45) is 8.39. The minimum absolute atomic E-state index is 0.0747. The van der Waals surface area contributed by atoms with Crippen LogP contribution < -0.4 is 10.6 Å². The number of hydrogen-bond acceptors (Lipinski definition) is 7. The van der Waals surface area contributed by atoms with Gasteiger partial charge in [-0.1, -0.05) is 48.6 Å². The second-order valence-corrected chi connectivity index (χ2v) is 8.85. The lowest BCUT2D eigenvalue weighted by Gasteiger charge is -2.27. The topological polar surface area (TPSA) is 99.6 Å². The smallest absolute Gasteiger partial charge is 0.253 e. The van der Waals surface area contributed by atoms with Gasteiger partial charge in [0.2, 0.25) is 5.95 Å². The van der Waals surface area contributed by atoms with Crippen LogP contribution >= 0.6 is 0 Å². The number of rotatable bonds is 9. The molecule has 3 aromatic rings. The Morgan fingerprint density at radius 3 is 2.46 bits per heavy atom. The Bertz CT molecular complexity index is 1280. The first-order chi connectivity index (χ1) is 19.0. The molecule has 39 heavy (non-hydrogen) atoms. The van der Waals surface area contributed by atoms with Crippen LogP contribution in [0.2, 0.25) is 0 Å². The van der Waals surface area contributed by atoms with Gasteiger partial charge in [-0.3, -0.25) is 9.79 Å². The summed E-state index contributed by atoms with van der Waals surface area (Å²) >= 11 is 0. The van der Waals surface area contributed by atoms with Gasteiger partial charge in [0, 0.05) is 61.3 Å². The molecule has 2 heterocycles. The lowest BCUT2D eigenvalue weighted by Crippen LogP contribution is -2.46. The highest BCUT2D eigenvalue weighted by Crippen LogP contribution is 2.20. The van der Waals surface area contributed by atoms with Gasteiger partial charge in [-0.25, -0.2) is 9.97 Å². The molecule has 0 unspecified atom stereocenters. The van der Waals surface area contributed by atoms with E-state index in [9.17, 15) is 9.59 Å². The number of carbonyl (C=O) groups is 2. The van der Waals surface area contributed by atoms with E-state index in [-0.39, 0.29) is 5.91 Å². The van der Waals surface area contributed by atoms with Gasteiger partial charge in [0.15, 0.2) is 0 Å². The van der Waals surface area contributed by atoms with E-state index >= 15 is 0 Å². The molecular weight excluding hydrogens is 488 g/mol. The number of aromatic nitrogens is 2. The van der Waals surface area contributed by atoms with Crippen molar-refractivity contribution in [2.75, 3.05) is 38.0 Å². The summed E-state index contributed by atoms with van der Waals surface area (Å²) in [4.78, 5) is 37.5. The van der Waals surface area contributed by atoms with Crippen molar-refractivity contribution in [3.63, 3.8) is 0 Å². The number of aldehydes is 1. The number of carbonyl (C=O) groups excluding carboxylic acids is 2. The molecule has 0 aliphatic carbocycles. The molecule has 0 bridgehead atoms. The average Bonchev–Trinajstić information content (AvgIpc) is 2.98. The van der Waals surface area contributed by atoms with Crippen LogP contribution in [0.25, 0.3) is 11.3 Å². The molecule has 1 aromatic heterocycles. The molecule has 8 heteroatoms. The predicted octanol–water partition coefficient (Wildman–Crippen LogP) is 5.02. The lowest BCUT2D eigenvalue weighted by atomic mass is 10.1. The summed E-state index contributed by atoms with van der Waals surface area (Å²) in [5.74, 6) is 0.602. The van der Waals surface area contributed by atoms with E-state index < -0.39 is 0 Å². The Hall–Kier alpha value is -4.43. The highest BCUT2D eigenvalue weighted by Gasteiger charge is 2.17. The van der Waals surface area contributed by atoms with Gasteiger partial charge in [0.1, 0.15) is 6.29 Å². The molecule has 1 aliphatic heterocycles. The third kappa shape index (κ3) is 9.43. The van der Waals surface area contributed by atoms with Gasteiger partial charge < -0.3 is 20.3 Å². The Morgan fingerprint density at radius 1 is 1.10 bits per heavy atom. The third-order valence-electron chi connectivity index (χ3n) is 5.96. The van der Waals surface area contributed by atoms with Gasteiger partial charge in [-0.15, -0.1) is 0 Å². The molecule has 1 amide bonds. The van der Waals surface area contributed by atoms with Crippen LogP contribution in [0.1, 0.15) is 29.3 Å². The molecule has 4 rings (SSSR count). The highest BCUT2D eigenvalue weighted by molar-refractivity contribution is 6.01. The highest BCUT2D eigenvalue weighted by atomic mass is 16.2. The second-order valence-electron chi connectivity index (χ2n) is 8.85. The van der Waals surface area contributed by atoms with E-state index in [0.717, 1.165) is 55.1 Å². The summed E-state index contributed by atoms with van der Waals surface area (Å²) in [5, 5.41) is 6.47. The van der Waals surface area contributed by atoms with Crippen LogP contribution in [0.5, 0.6) is 0 Å². The Morgan fingerprint density at radius 2 is 1.82 bits per heavy atom. The third-order valence-corrected chi connectivity index (χ3v) is 5.96. The van der Waals surface area contributed by atoms with Crippen molar-refractivity contribution in [2.45, 2.75) is 20.3 Å². The quantitative estimate of drug-likeness (QED) is 0.232. The Kier molecular flexibility index (Phi) is 11.8. The van der Waals surface area contributed by atoms with Crippen molar-refractivity contribution in [3.8, 4) is 11.3 Å². The van der Waals surface area contributed by atoms with Crippen LogP contribution in [0.4, 0.5) is 11.6 Å². The number of aryl methyl sites for hydroxylation is 1. The number of piperazine rings is 1. The van der Waals surface area contributed by atoms with Gasteiger partial charge in [0.05, 0.1) is 12.2 Å². The number of amides is 1. The average molecular weight is 525 g/mol. The molecule has 2 aromatic carbocycles. The van der Waals surface area contributed by atoms with E-state index in [1.165, 1.54) is 5.56 Å². The summed E-state index contributed by atoms with van der Waals surface area (Å²) in [5.41, 5.74) is 5.42. The minimum Gasteiger partial charge on any atom is -0.336 e. The number of hydrogen-bond donors (Lipinski definition) is 2. The maximum absolute atomic E-state index is 12.5. The normalized spacial score (nSPS) is 13.4. The zero-order valence-electron chi connectivity index (χ0n) is 22.6. The van der Waals surface area contributed by atoms with Crippen molar-refractivity contribution < 1.29 is 9.59 Å². The van der Waals surface area contributed by atoms with E-state index in [0.29, 0.717) is 24.5 Å². The van der Waals surface area contributed by atoms with E-state index in [2.05, 4.69) is 63.4 Å². The van der Waals surface area contributed by atoms with Crippen LogP contribution in [0.3, 0.4) is 0 Å². The molecule has 8 nitrogen and oxygen atoms in total. The van der Waals surface area contributed by atoms with Gasteiger partial charge in [0.25, 0.3) is 5.91 Å². The minimum atomic E-state index is 0.0747. The van der Waals surface area contributed by atoms with Crippen molar-refractivity contribution in [2.24, 2.45) is 4.99 Å². The maximum Gasteiger partial charge on any atom is 0.253 e. The number of anilines is 2. The fourth-order valence-electron chi connectivity index (χ4n) is 3.75. The summed E-state index contributed by atoms with van der Waals surface area (Å²) in [6, 6.07) is 17.6. The first kappa shape index (κ1) is 29.1. The largest absolute Gasteiger partial charge is 0.336 e. The molecule has 2 N–H and O–H groups in total. The number of aliphatic imine (C=N–C) groups is 1. The number of nitrogens with zero attached hydrogens (tertiary/aromatic N) is 4. The molecule has 0 radical (unpaired) electrons. The number of allylic oxidation sites excluding steroid dienone is 2. The molecule has 202 valence electrons. The van der Waals surface area contributed by atoms with Gasteiger partial charge in [-0.05, 0) is 50.3 Å². The Balaban J connectivity index is 0.000000325. The summed E-state index contributed by atoms with van der Waals surface area (Å²) < 4.78 is 0. The van der Waals surface area contributed by atoms with E-state index in [1.54, 1.807) is 12.3 Å². The lowest BCUT2D eigenvalue weighted by molar-refractivity contribution is -0.106. The maximum atomic E-state index is 12.5. The van der Waals surface area contributed by atoms with Crippen molar-refractivity contribution >= 4 is 29.5 Å². The SMILES string of the molecule is C=CC(CC=O)=NC/C=C\C.Cc1ccc(-c2ccnc(Nc3ccc(C(=O)N4CCNCC4)cc3)n2)cc1. The summed E-state index contributed by atoms with van der Waals surface area (Å²) in [7, 11) is 0. The molecule has 0 atom stereocenters. The second kappa shape index (κ2) is 15.7. The van der Waals surface area contributed by atoms with E-state index in [1.807, 2.05) is 54.3 Å². The van der Waals surface area contributed by atoms with E-state index in [4.69, 9.17) is 0 Å². The molecule has 1 fully saturated rings. The van der Waals surface area contributed by atoms with Crippen molar-refractivity contribution in [1.82, 2.24) is 20.2 Å². The van der Waals surface area contributed by atoms with Crippen molar-refractivity contribution in [3.05, 3.63) is 96.7 Å². The van der Waals surface area contributed by atoms with Crippen LogP contribution in [0.15, 0.2) is 90.6 Å². The monoisotopic (exact) mass is 524 g/mol. The Labute approximate surface area is 230 Å². The van der Waals surface area contributed by atoms with Crippen molar-refractivity contribution in [1.29, 1.82) is 0 Å². The zero-order chi connectivity index (χ0) is 27.9. The molecular formula is C31H36N6O2. The van der Waals surface area contributed by atoms with Gasteiger partial charge >= 0.3 is 0 Å². The number of nitrogens with one attached hydrogen (secondary N) is 2. The predicted molar refractivity (Wildman–Crippen MR) is 159 cm³/mol. The number of benzene rings is 2. The van der Waals surface area contributed by atoms with Crippen LogP contribution in [0, 0.1) is 6.92 Å². The zero-order valence-corrected chi connectivity index (χ0v) is 22.6. The first-order valence-corrected chi connectivity index (χ1v) is 13.0. The molecule has 0 saturated carbocycles.